The number of carbonyl (C=O) groups is 2. The summed E-state index contributed by atoms with van der Waals surface area (Å²) in [6, 6.07) is 5.86. The van der Waals surface area contributed by atoms with Crippen molar-refractivity contribution < 1.29 is 24.2 Å². The summed E-state index contributed by atoms with van der Waals surface area (Å²) in [6.45, 7) is 4.96. The fourth-order valence-electron chi connectivity index (χ4n) is 6.37. The molecule has 1 unspecified atom stereocenters. The van der Waals surface area contributed by atoms with E-state index in [0.29, 0.717) is 29.9 Å². The number of benzene rings is 1. The van der Waals surface area contributed by atoms with Crippen LogP contribution in [0.25, 0.3) is 0 Å². The average molecular weight is 411 g/mol. The molecule has 0 aliphatic heterocycles. The Balaban J connectivity index is 1.52. The monoisotopic (exact) mass is 410 g/mol. The summed E-state index contributed by atoms with van der Waals surface area (Å²) in [4.78, 5) is 23.2. The fraction of sp³-hybridized carbons (Fsp3) is 0.600. The van der Waals surface area contributed by atoms with Crippen LogP contribution in [0.5, 0.6) is 5.75 Å². The summed E-state index contributed by atoms with van der Waals surface area (Å²) < 4.78 is 10.3. The van der Waals surface area contributed by atoms with Gasteiger partial charge >= 0.3 is 11.9 Å². The van der Waals surface area contributed by atoms with E-state index >= 15 is 0 Å². The van der Waals surface area contributed by atoms with Crippen LogP contribution in [0.4, 0.5) is 0 Å². The third-order valence-corrected chi connectivity index (χ3v) is 7.98. The minimum atomic E-state index is -0.986. The zero-order chi connectivity index (χ0) is 21.7. The van der Waals surface area contributed by atoms with Crippen molar-refractivity contribution in [1.82, 2.24) is 0 Å². The normalized spacial score (nSPS) is 35.2. The fourth-order valence-corrected chi connectivity index (χ4v) is 6.37. The molecule has 2 saturated carbocycles. The Morgan fingerprint density at radius 1 is 1.27 bits per heavy atom. The number of fused-ring (bicyclic) bond motifs is 5. The molecule has 3 aliphatic carbocycles. The minimum absolute atomic E-state index is 0.206. The largest absolute Gasteiger partial charge is 0.451 e. The second-order valence-electron chi connectivity index (χ2n) is 9.45. The molecule has 0 saturated heterocycles. The second kappa shape index (κ2) is 7.42. The van der Waals surface area contributed by atoms with Crippen molar-refractivity contribution in [3.05, 3.63) is 29.3 Å². The first-order valence-corrected chi connectivity index (χ1v) is 10.9. The van der Waals surface area contributed by atoms with Crippen molar-refractivity contribution in [2.75, 3.05) is 0 Å². The Kier molecular flexibility index (Phi) is 5.18. The summed E-state index contributed by atoms with van der Waals surface area (Å²) in [7, 11) is 0. The highest BCUT2D eigenvalue weighted by atomic mass is 16.6. The summed E-state index contributed by atoms with van der Waals surface area (Å²) >= 11 is 0. The van der Waals surface area contributed by atoms with E-state index in [1.54, 1.807) is 0 Å². The van der Waals surface area contributed by atoms with Gasteiger partial charge in [0, 0.05) is 12.3 Å². The van der Waals surface area contributed by atoms with E-state index < -0.39 is 23.6 Å². The maximum atomic E-state index is 12.2. The number of esters is 2. The molecule has 6 atom stereocenters. The van der Waals surface area contributed by atoms with Gasteiger partial charge in [-0.3, -0.25) is 4.79 Å². The number of hydrogen-bond acceptors (Lipinski definition) is 5. The Hall–Kier alpha value is -2.32. The van der Waals surface area contributed by atoms with Crippen molar-refractivity contribution in [2.24, 2.45) is 17.3 Å². The van der Waals surface area contributed by atoms with Crippen molar-refractivity contribution in [3.63, 3.8) is 0 Å². The van der Waals surface area contributed by atoms with Crippen LogP contribution >= 0.6 is 0 Å². The average Bonchev–Trinajstić information content (AvgIpc) is 2.98. The van der Waals surface area contributed by atoms with E-state index in [2.05, 4.69) is 18.9 Å². The number of hydrogen-bond donors (Lipinski definition) is 1. The van der Waals surface area contributed by atoms with Crippen molar-refractivity contribution in [3.8, 4) is 18.1 Å². The first-order chi connectivity index (χ1) is 14.2. The van der Waals surface area contributed by atoms with E-state index in [-0.39, 0.29) is 5.41 Å². The van der Waals surface area contributed by atoms with Gasteiger partial charge in [0.2, 0.25) is 0 Å². The maximum Gasteiger partial charge on any atom is 0.352 e. The molecule has 0 heterocycles. The maximum absolute atomic E-state index is 12.2. The van der Waals surface area contributed by atoms with Crippen LogP contribution in [0.2, 0.25) is 0 Å². The van der Waals surface area contributed by atoms with Gasteiger partial charge in [0.1, 0.15) is 11.4 Å². The predicted octanol–water partition coefficient (Wildman–Crippen LogP) is 3.76. The van der Waals surface area contributed by atoms with Gasteiger partial charge in [-0.1, -0.05) is 18.9 Å². The Morgan fingerprint density at radius 3 is 2.73 bits per heavy atom. The lowest BCUT2D eigenvalue weighted by molar-refractivity contribution is -0.159. The molecule has 2 fully saturated rings. The SMILES string of the molecule is C#C[C@]1(O)CC[C@H]2[C@@H]3CCc4cc(OC(=O)C(C)OC(C)=O)ccc4[C@H]3CC[C@@]21C. The molecule has 5 heteroatoms. The number of aryl methyl sites for hydroxylation is 1. The number of terminal acetylenes is 1. The molecular formula is C25H30O5. The smallest absolute Gasteiger partial charge is 0.352 e. The molecule has 160 valence electrons. The standard InChI is InChI=1S/C25H30O5/c1-5-25(28)13-11-22-21-8-6-17-14-18(30-23(27)15(2)29-16(3)26)7-9-19(17)20(21)10-12-24(22,25)4/h1,7,9,14-15,20-22,28H,6,8,10-13H2,2-4H3/t15?,20-,21-,22+,24+,25+/m1/s1. The summed E-state index contributed by atoms with van der Waals surface area (Å²) in [5, 5.41) is 11.0. The number of carbonyl (C=O) groups excluding carboxylic acids is 2. The van der Waals surface area contributed by atoms with Crippen LogP contribution in [-0.2, 0) is 20.7 Å². The Bertz CT molecular complexity index is 915. The van der Waals surface area contributed by atoms with Crippen molar-refractivity contribution in [2.45, 2.75) is 76.9 Å². The third-order valence-electron chi connectivity index (χ3n) is 7.98. The van der Waals surface area contributed by atoms with Crippen LogP contribution < -0.4 is 4.74 Å². The van der Waals surface area contributed by atoms with Crippen molar-refractivity contribution in [1.29, 1.82) is 0 Å². The van der Waals surface area contributed by atoms with Gasteiger partial charge in [-0.05, 0) is 86.5 Å². The van der Waals surface area contributed by atoms with Crippen molar-refractivity contribution >= 4 is 11.9 Å². The Labute approximate surface area is 178 Å². The molecule has 1 aromatic rings. The lowest BCUT2D eigenvalue weighted by atomic mass is 9.53. The van der Waals surface area contributed by atoms with Gasteiger partial charge < -0.3 is 14.6 Å². The molecule has 0 aromatic heterocycles. The summed E-state index contributed by atoms with van der Waals surface area (Å²) in [6.07, 6.45) is 10.4. The van der Waals surface area contributed by atoms with Crippen LogP contribution in [0.3, 0.4) is 0 Å². The summed E-state index contributed by atoms with van der Waals surface area (Å²) in [5.74, 6) is 3.53. The molecule has 0 radical (unpaired) electrons. The third kappa shape index (κ3) is 3.22. The molecule has 0 amide bonds. The first kappa shape index (κ1) is 20.9. The topological polar surface area (TPSA) is 72.8 Å². The van der Waals surface area contributed by atoms with Crippen LogP contribution in [-0.4, -0.2) is 28.8 Å². The van der Waals surface area contributed by atoms with Gasteiger partial charge in [-0.15, -0.1) is 6.42 Å². The predicted molar refractivity (Wildman–Crippen MR) is 112 cm³/mol. The highest BCUT2D eigenvalue weighted by Crippen LogP contribution is 2.64. The summed E-state index contributed by atoms with van der Waals surface area (Å²) in [5.41, 5.74) is 1.36. The second-order valence-corrected chi connectivity index (χ2v) is 9.45. The van der Waals surface area contributed by atoms with E-state index in [4.69, 9.17) is 15.9 Å². The van der Waals surface area contributed by atoms with Gasteiger partial charge in [0.05, 0.1) is 0 Å². The minimum Gasteiger partial charge on any atom is -0.451 e. The van der Waals surface area contributed by atoms with Gasteiger partial charge in [-0.25, -0.2) is 4.79 Å². The molecule has 1 N–H and O–H groups in total. The quantitative estimate of drug-likeness (QED) is 0.467. The van der Waals surface area contributed by atoms with Gasteiger partial charge in [0.25, 0.3) is 0 Å². The van der Waals surface area contributed by atoms with Gasteiger partial charge in [-0.2, -0.15) is 0 Å². The number of rotatable bonds is 3. The molecule has 4 rings (SSSR count). The highest BCUT2D eigenvalue weighted by Gasteiger charge is 2.61. The van der Waals surface area contributed by atoms with E-state index in [1.807, 2.05) is 12.1 Å². The first-order valence-electron chi connectivity index (χ1n) is 10.9. The van der Waals surface area contributed by atoms with E-state index in [9.17, 15) is 14.7 Å². The van der Waals surface area contributed by atoms with Crippen LogP contribution in [0.1, 0.15) is 69.9 Å². The van der Waals surface area contributed by atoms with Crippen LogP contribution in [0, 0.1) is 29.6 Å². The number of ether oxygens (including phenoxy) is 2. The molecule has 5 nitrogen and oxygen atoms in total. The van der Waals surface area contributed by atoms with E-state index in [0.717, 1.165) is 32.1 Å². The molecular weight excluding hydrogens is 380 g/mol. The zero-order valence-electron chi connectivity index (χ0n) is 17.9. The van der Waals surface area contributed by atoms with Crippen LogP contribution in [0.15, 0.2) is 18.2 Å². The Morgan fingerprint density at radius 2 is 2.03 bits per heavy atom. The molecule has 3 aliphatic rings. The molecule has 0 bridgehead atoms. The molecule has 1 aromatic carbocycles. The van der Waals surface area contributed by atoms with E-state index in [1.165, 1.54) is 25.0 Å². The lowest BCUT2D eigenvalue weighted by Gasteiger charge is -2.52. The number of aliphatic hydroxyl groups is 1. The highest BCUT2D eigenvalue weighted by molar-refractivity contribution is 5.80. The van der Waals surface area contributed by atoms with Gasteiger partial charge in [0.15, 0.2) is 6.10 Å². The molecule has 0 spiro atoms. The molecule has 30 heavy (non-hydrogen) atoms. The lowest BCUT2D eigenvalue weighted by Crippen LogP contribution is -2.50. The zero-order valence-corrected chi connectivity index (χ0v) is 17.9.